The Morgan fingerprint density at radius 1 is 1.03 bits per heavy atom. The number of nitrogens with zero attached hydrogens (tertiary/aromatic N) is 2. The third-order valence-corrected chi connectivity index (χ3v) is 7.20. The van der Waals surface area contributed by atoms with Crippen LogP contribution < -0.4 is 5.32 Å². The molecule has 1 amide bonds. The molecule has 0 spiro atoms. The van der Waals surface area contributed by atoms with E-state index in [0.717, 1.165) is 28.6 Å². The van der Waals surface area contributed by atoms with Crippen molar-refractivity contribution in [2.75, 3.05) is 6.54 Å². The van der Waals surface area contributed by atoms with Crippen LogP contribution in [0.3, 0.4) is 0 Å². The predicted molar refractivity (Wildman–Crippen MR) is 133 cm³/mol. The van der Waals surface area contributed by atoms with Crippen LogP contribution in [0.25, 0.3) is 21.8 Å². The first kappa shape index (κ1) is 24.8. The molecule has 2 N–H and O–H groups in total. The number of hydrogen-bond acceptors (Lipinski definition) is 3. The molecule has 0 saturated heterocycles. The number of hydrogen-bond donors (Lipinski definition) is 2. The SMILES string of the molecule is O=C(NC[C@H]1CC[C@H](C(=O)O)CC1)c1cc(C(F)(F)F)cc2ccn(Cc3ccc4cccnc4c3)c12. The maximum atomic E-state index is 13.6. The Balaban J connectivity index is 1.43. The molecular formula is C28H26F3N3O3. The van der Waals surface area contributed by atoms with Crippen LogP contribution in [0.2, 0.25) is 0 Å². The summed E-state index contributed by atoms with van der Waals surface area (Å²) in [6.07, 6.45) is 1.18. The van der Waals surface area contributed by atoms with E-state index in [1.165, 1.54) is 0 Å². The van der Waals surface area contributed by atoms with Gasteiger partial charge in [0.25, 0.3) is 5.91 Å². The average Bonchev–Trinajstić information content (AvgIpc) is 3.29. The van der Waals surface area contributed by atoms with E-state index in [0.29, 0.717) is 49.7 Å². The normalized spacial score (nSPS) is 18.2. The Labute approximate surface area is 211 Å². The molecule has 2 aromatic heterocycles. The summed E-state index contributed by atoms with van der Waals surface area (Å²) in [7, 11) is 0. The molecule has 1 aliphatic carbocycles. The van der Waals surface area contributed by atoms with Gasteiger partial charge in [-0.15, -0.1) is 0 Å². The number of carbonyl (C=O) groups excluding carboxylic acids is 1. The Bertz CT molecular complexity index is 1470. The third-order valence-electron chi connectivity index (χ3n) is 7.20. The lowest BCUT2D eigenvalue weighted by Gasteiger charge is -2.26. The van der Waals surface area contributed by atoms with Crippen LogP contribution in [-0.4, -0.2) is 33.1 Å². The first-order valence-corrected chi connectivity index (χ1v) is 12.2. The highest BCUT2D eigenvalue weighted by Crippen LogP contribution is 2.34. The maximum absolute atomic E-state index is 13.6. The lowest BCUT2D eigenvalue weighted by atomic mass is 9.82. The summed E-state index contributed by atoms with van der Waals surface area (Å²) in [5.74, 6) is -1.66. The van der Waals surface area contributed by atoms with E-state index in [2.05, 4.69) is 10.3 Å². The second kappa shape index (κ2) is 9.88. The Hall–Kier alpha value is -3.88. The topological polar surface area (TPSA) is 84.2 Å². The zero-order chi connectivity index (χ0) is 26.2. The highest BCUT2D eigenvalue weighted by molar-refractivity contribution is 6.06. The molecule has 1 saturated carbocycles. The molecule has 9 heteroatoms. The molecule has 37 heavy (non-hydrogen) atoms. The van der Waals surface area contributed by atoms with Crippen LogP contribution in [-0.2, 0) is 17.5 Å². The van der Waals surface area contributed by atoms with Crippen molar-refractivity contribution in [1.29, 1.82) is 0 Å². The van der Waals surface area contributed by atoms with Gasteiger partial charge in [-0.05, 0) is 67.5 Å². The van der Waals surface area contributed by atoms with E-state index < -0.39 is 23.6 Å². The van der Waals surface area contributed by atoms with E-state index in [1.54, 1.807) is 23.0 Å². The molecule has 1 aliphatic rings. The van der Waals surface area contributed by atoms with Crippen LogP contribution in [0.15, 0.2) is 60.9 Å². The van der Waals surface area contributed by atoms with Crippen molar-refractivity contribution in [2.24, 2.45) is 11.8 Å². The summed E-state index contributed by atoms with van der Waals surface area (Å²) < 4.78 is 42.7. The number of rotatable bonds is 6. The van der Waals surface area contributed by atoms with Crippen molar-refractivity contribution in [3.63, 3.8) is 0 Å². The second-order valence-electron chi connectivity index (χ2n) is 9.70. The number of carboxylic acids is 1. The van der Waals surface area contributed by atoms with Crippen LogP contribution in [0.4, 0.5) is 13.2 Å². The zero-order valence-electron chi connectivity index (χ0n) is 20.0. The fraction of sp³-hybridized carbons (Fsp3) is 0.321. The molecule has 0 aliphatic heterocycles. The van der Waals surface area contributed by atoms with E-state index in [4.69, 9.17) is 0 Å². The number of carbonyl (C=O) groups is 2. The van der Waals surface area contributed by atoms with Crippen LogP contribution in [0.1, 0.15) is 47.2 Å². The number of alkyl halides is 3. The van der Waals surface area contributed by atoms with Crippen molar-refractivity contribution >= 4 is 33.7 Å². The number of aromatic nitrogens is 2. The molecule has 2 heterocycles. The molecule has 1 fully saturated rings. The van der Waals surface area contributed by atoms with Gasteiger partial charge in [0.05, 0.1) is 28.1 Å². The van der Waals surface area contributed by atoms with E-state index in [9.17, 15) is 27.9 Å². The second-order valence-corrected chi connectivity index (χ2v) is 9.70. The number of fused-ring (bicyclic) bond motifs is 2. The van der Waals surface area contributed by atoms with Crippen molar-refractivity contribution in [3.8, 4) is 0 Å². The Morgan fingerprint density at radius 3 is 2.54 bits per heavy atom. The van der Waals surface area contributed by atoms with Crippen molar-refractivity contribution < 1.29 is 27.9 Å². The van der Waals surface area contributed by atoms with Gasteiger partial charge in [-0.3, -0.25) is 14.6 Å². The summed E-state index contributed by atoms with van der Waals surface area (Å²) in [5, 5.41) is 13.3. The van der Waals surface area contributed by atoms with Gasteiger partial charge in [0.2, 0.25) is 0 Å². The number of benzene rings is 2. The van der Waals surface area contributed by atoms with Gasteiger partial charge in [0.15, 0.2) is 0 Å². The zero-order valence-corrected chi connectivity index (χ0v) is 20.0. The highest BCUT2D eigenvalue weighted by atomic mass is 19.4. The highest BCUT2D eigenvalue weighted by Gasteiger charge is 2.33. The number of carboxylic acid groups (broad SMARTS) is 1. The minimum atomic E-state index is -4.59. The Morgan fingerprint density at radius 2 is 1.81 bits per heavy atom. The summed E-state index contributed by atoms with van der Waals surface area (Å²) in [5.41, 5.74) is 1.24. The summed E-state index contributed by atoms with van der Waals surface area (Å²) in [4.78, 5) is 28.8. The third kappa shape index (κ3) is 5.30. The predicted octanol–water partition coefficient (Wildman–Crippen LogP) is 5.88. The van der Waals surface area contributed by atoms with Crippen molar-refractivity contribution in [1.82, 2.24) is 14.9 Å². The molecule has 192 valence electrons. The number of halogens is 3. The fourth-order valence-electron chi connectivity index (χ4n) is 5.17. The first-order valence-electron chi connectivity index (χ1n) is 12.2. The molecule has 0 atom stereocenters. The molecule has 4 aromatic rings. The summed E-state index contributed by atoms with van der Waals surface area (Å²) >= 11 is 0. The van der Waals surface area contributed by atoms with Gasteiger partial charge in [-0.2, -0.15) is 13.2 Å². The van der Waals surface area contributed by atoms with Crippen LogP contribution in [0, 0.1) is 11.8 Å². The monoisotopic (exact) mass is 509 g/mol. The van der Waals surface area contributed by atoms with Crippen LogP contribution >= 0.6 is 0 Å². The van der Waals surface area contributed by atoms with E-state index >= 15 is 0 Å². The maximum Gasteiger partial charge on any atom is 0.416 e. The lowest BCUT2D eigenvalue weighted by Crippen LogP contribution is -2.32. The molecule has 2 aromatic carbocycles. The summed E-state index contributed by atoms with van der Waals surface area (Å²) in [6.45, 7) is 0.654. The van der Waals surface area contributed by atoms with Crippen molar-refractivity contribution in [3.05, 3.63) is 77.6 Å². The van der Waals surface area contributed by atoms with Gasteiger partial charge >= 0.3 is 12.1 Å². The molecule has 0 radical (unpaired) electrons. The molecule has 0 bridgehead atoms. The fourth-order valence-corrected chi connectivity index (χ4v) is 5.17. The molecular weight excluding hydrogens is 483 g/mol. The number of pyridine rings is 1. The average molecular weight is 510 g/mol. The van der Waals surface area contributed by atoms with Gasteiger partial charge in [0, 0.05) is 36.3 Å². The Kier molecular flexibility index (Phi) is 6.62. The van der Waals surface area contributed by atoms with Gasteiger partial charge in [-0.1, -0.05) is 18.2 Å². The van der Waals surface area contributed by atoms with Crippen LogP contribution in [0.5, 0.6) is 0 Å². The van der Waals surface area contributed by atoms with E-state index in [1.807, 2.05) is 30.3 Å². The smallest absolute Gasteiger partial charge is 0.416 e. The molecule has 6 nitrogen and oxygen atoms in total. The largest absolute Gasteiger partial charge is 0.481 e. The molecule has 0 unspecified atom stereocenters. The van der Waals surface area contributed by atoms with Gasteiger partial charge in [0.1, 0.15) is 0 Å². The minimum Gasteiger partial charge on any atom is -0.481 e. The van der Waals surface area contributed by atoms with Crippen molar-refractivity contribution in [2.45, 2.75) is 38.4 Å². The number of aliphatic carboxylic acids is 1. The minimum absolute atomic E-state index is 0.0343. The number of amides is 1. The number of nitrogens with one attached hydrogen (secondary N) is 1. The summed E-state index contributed by atoms with van der Waals surface area (Å²) in [6, 6.07) is 13.2. The lowest BCUT2D eigenvalue weighted by molar-refractivity contribution is -0.143. The van der Waals surface area contributed by atoms with E-state index in [-0.39, 0.29) is 17.4 Å². The van der Waals surface area contributed by atoms with Gasteiger partial charge < -0.3 is 15.0 Å². The quantitative estimate of drug-likeness (QED) is 0.340. The first-order chi connectivity index (χ1) is 17.7. The standard InChI is InChI=1S/C28H26F3N3O3/c29-28(30,31)22-13-21-9-11-34(16-18-5-6-19-2-1-10-32-24(19)12-18)25(21)23(14-22)26(35)33-15-17-3-7-20(8-4-17)27(36)37/h1-2,5-6,9-14,17,20H,3-4,7-8,15-16H2,(H,33,35)(H,36,37)/t17-,20-. The van der Waals surface area contributed by atoms with Gasteiger partial charge in [-0.25, -0.2) is 0 Å². The molecule has 5 rings (SSSR count).